The maximum Gasteiger partial charge on any atom is 0.231 e. The Bertz CT molecular complexity index is 614. The van der Waals surface area contributed by atoms with Crippen LogP contribution in [-0.2, 0) is 11.2 Å². The topological polar surface area (TPSA) is 126 Å². The average Bonchev–Trinajstić information content (AvgIpc) is 3.01. The summed E-state index contributed by atoms with van der Waals surface area (Å²) in [7, 11) is 0. The van der Waals surface area contributed by atoms with Crippen LogP contribution in [-0.4, -0.2) is 31.1 Å². The van der Waals surface area contributed by atoms with Gasteiger partial charge >= 0.3 is 0 Å². The van der Waals surface area contributed by atoms with Gasteiger partial charge in [-0.25, -0.2) is 0 Å². The number of carbonyl (C=O) groups is 1. The lowest BCUT2D eigenvalue weighted by atomic mass is 9.92. The third kappa shape index (κ3) is 6.26. The van der Waals surface area contributed by atoms with E-state index in [9.17, 15) is 4.79 Å². The minimum absolute atomic E-state index is 0.0951. The van der Waals surface area contributed by atoms with E-state index in [-0.39, 0.29) is 24.5 Å². The second kappa shape index (κ2) is 9.27. The fourth-order valence-electron chi connectivity index (χ4n) is 2.88. The van der Waals surface area contributed by atoms with Gasteiger partial charge in [0.25, 0.3) is 0 Å². The number of unbranched alkanes of at least 4 members (excludes halogenated alkanes) is 1. The van der Waals surface area contributed by atoms with Gasteiger partial charge in [-0.2, -0.15) is 0 Å². The highest BCUT2D eigenvalue weighted by atomic mass is 16.7. The van der Waals surface area contributed by atoms with E-state index in [0.29, 0.717) is 19.4 Å². The minimum atomic E-state index is -0.418. The second-order valence-corrected chi connectivity index (χ2v) is 6.58. The van der Waals surface area contributed by atoms with Crippen LogP contribution in [0.15, 0.2) is 23.2 Å². The smallest absolute Gasteiger partial charge is 0.231 e. The molecule has 0 saturated heterocycles. The highest BCUT2D eigenvalue weighted by Crippen LogP contribution is 2.33. The molecule has 0 amide bonds. The standard InChI is InChI=1S/C18H28N4O3/c1-12(8-13-5-6-16-17(10-13)25-11-24-16)9-15(23)14(19)4-2-3-7-22-18(20)21/h5-6,10,12,14H,2-4,7-9,11,19H2,1H3,(H4,20,21,22). The molecule has 0 aromatic heterocycles. The molecule has 0 fully saturated rings. The maximum absolute atomic E-state index is 12.3. The van der Waals surface area contributed by atoms with E-state index in [0.717, 1.165) is 36.3 Å². The summed E-state index contributed by atoms with van der Waals surface area (Å²) < 4.78 is 10.7. The molecular weight excluding hydrogens is 320 g/mol. The first-order valence-corrected chi connectivity index (χ1v) is 8.68. The van der Waals surface area contributed by atoms with Gasteiger partial charge in [-0.05, 0) is 49.3 Å². The molecular formula is C18H28N4O3. The van der Waals surface area contributed by atoms with E-state index in [1.165, 1.54) is 0 Å². The van der Waals surface area contributed by atoms with Crippen molar-refractivity contribution in [1.82, 2.24) is 0 Å². The van der Waals surface area contributed by atoms with E-state index < -0.39 is 6.04 Å². The number of Topliss-reactive ketones (excluding diaryl/α,β-unsaturated/α-hetero) is 1. The normalized spacial score (nSPS) is 14.8. The molecule has 1 aromatic rings. The number of aliphatic imine (C=N–C) groups is 1. The molecule has 1 aliphatic heterocycles. The zero-order chi connectivity index (χ0) is 18.2. The van der Waals surface area contributed by atoms with Crippen LogP contribution in [0.5, 0.6) is 11.5 Å². The van der Waals surface area contributed by atoms with Crippen molar-refractivity contribution in [2.24, 2.45) is 28.1 Å². The molecule has 7 heteroatoms. The van der Waals surface area contributed by atoms with Gasteiger partial charge in [0.05, 0.1) is 6.04 Å². The molecule has 0 radical (unpaired) electrons. The van der Waals surface area contributed by atoms with Crippen LogP contribution in [0.1, 0.15) is 38.2 Å². The number of fused-ring (bicyclic) bond motifs is 1. The predicted molar refractivity (Wildman–Crippen MR) is 97.6 cm³/mol. The minimum Gasteiger partial charge on any atom is -0.454 e. The van der Waals surface area contributed by atoms with Gasteiger partial charge in [0, 0.05) is 13.0 Å². The monoisotopic (exact) mass is 348 g/mol. The first-order valence-electron chi connectivity index (χ1n) is 8.68. The third-order valence-corrected chi connectivity index (χ3v) is 4.20. The molecule has 0 bridgehead atoms. The Morgan fingerprint density at radius 3 is 2.76 bits per heavy atom. The summed E-state index contributed by atoms with van der Waals surface area (Å²) >= 11 is 0. The van der Waals surface area contributed by atoms with Gasteiger partial charge in [-0.15, -0.1) is 0 Å². The number of ether oxygens (including phenoxy) is 2. The number of benzene rings is 1. The number of nitrogens with two attached hydrogens (primary N) is 3. The van der Waals surface area contributed by atoms with Crippen molar-refractivity contribution in [3.8, 4) is 11.5 Å². The van der Waals surface area contributed by atoms with E-state index in [2.05, 4.69) is 11.9 Å². The molecule has 138 valence electrons. The Balaban J connectivity index is 1.71. The Morgan fingerprint density at radius 2 is 2.00 bits per heavy atom. The Morgan fingerprint density at radius 1 is 1.24 bits per heavy atom. The summed E-state index contributed by atoms with van der Waals surface area (Å²) in [5.74, 6) is 1.97. The van der Waals surface area contributed by atoms with Gasteiger partial charge in [0.15, 0.2) is 17.5 Å². The molecule has 25 heavy (non-hydrogen) atoms. The van der Waals surface area contributed by atoms with Crippen molar-refractivity contribution in [2.45, 2.75) is 45.1 Å². The molecule has 0 spiro atoms. The van der Waals surface area contributed by atoms with Crippen molar-refractivity contribution >= 4 is 11.7 Å². The zero-order valence-corrected chi connectivity index (χ0v) is 14.7. The van der Waals surface area contributed by atoms with Crippen LogP contribution in [0.2, 0.25) is 0 Å². The summed E-state index contributed by atoms with van der Waals surface area (Å²) in [5, 5.41) is 0. The van der Waals surface area contributed by atoms with Crippen LogP contribution in [0.25, 0.3) is 0 Å². The Kier molecular flexibility index (Phi) is 7.06. The summed E-state index contributed by atoms with van der Waals surface area (Å²) in [4.78, 5) is 16.2. The first kappa shape index (κ1) is 19.1. The quantitative estimate of drug-likeness (QED) is 0.333. The number of carbonyl (C=O) groups excluding carboxylic acids is 1. The van der Waals surface area contributed by atoms with Crippen molar-refractivity contribution in [2.75, 3.05) is 13.3 Å². The fourth-order valence-corrected chi connectivity index (χ4v) is 2.88. The molecule has 2 unspecified atom stereocenters. The van der Waals surface area contributed by atoms with Gasteiger partial charge in [0.1, 0.15) is 5.78 Å². The largest absolute Gasteiger partial charge is 0.454 e. The molecule has 1 heterocycles. The van der Waals surface area contributed by atoms with Crippen LogP contribution in [0, 0.1) is 5.92 Å². The lowest BCUT2D eigenvalue weighted by Crippen LogP contribution is -2.31. The molecule has 6 N–H and O–H groups in total. The molecule has 1 aromatic carbocycles. The highest BCUT2D eigenvalue weighted by molar-refractivity contribution is 5.83. The highest BCUT2D eigenvalue weighted by Gasteiger charge is 2.18. The lowest BCUT2D eigenvalue weighted by Gasteiger charge is -2.15. The molecule has 0 saturated carbocycles. The van der Waals surface area contributed by atoms with Gasteiger partial charge in [0.2, 0.25) is 6.79 Å². The van der Waals surface area contributed by atoms with Gasteiger partial charge in [-0.1, -0.05) is 13.0 Å². The zero-order valence-electron chi connectivity index (χ0n) is 14.7. The molecule has 2 atom stereocenters. The molecule has 2 rings (SSSR count). The third-order valence-electron chi connectivity index (χ3n) is 4.20. The SMILES string of the molecule is CC(CC(=O)C(N)CCCCN=C(N)N)Cc1ccc2c(c1)OCO2. The summed E-state index contributed by atoms with van der Waals surface area (Å²) in [5.41, 5.74) is 17.7. The van der Waals surface area contributed by atoms with Crippen molar-refractivity contribution < 1.29 is 14.3 Å². The van der Waals surface area contributed by atoms with E-state index >= 15 is 0 Å². The lowest BCUT2D eigenvalue weighted by molar-refractivity contribution is -0.121. The summed E-state index contributed by atoms with van der Waals surface area (Å²) in [6, 6.07) is 5.48. The summed E-state index contributed by atoms with van der Waals surface area (Å²) in [6.45, 7) is 2.91. The number of nitrogens with zero attached hydrogens (tertiary/aromatic N) is 1. The van der Waals surface area contributed by atoms with E-state index in [4.69, 9.17) is 26.7 Å². The van der Waals surface area contributed by atoms with Crippen LogP contribution in [0.3, 0.4) is 0 Å². The van der Waals surface area contributed by atoms with Crippen LogP contribution in [0.4, 0.5) is 0 Å². The Hall–Kier alpha value is -2.28. The number of hydrogen-bond acceptors (Lipinski definition) is 5. The molecule has 1 aliphatic rings. The van der Waals surface area contributed by atoms with Gasteiger partial charge < -0.3 is 26.7 Å². The molecule has 0 aliphatic carbocycles. The first-order chi connectivity index (χ1) is 12.0. The van der Waals surface area contributed by atoms with Crippen LogP contribution >= 0.6 is 0 Å². The summed E-state index contributed by atoms with van der Waals surface area (Å²) in [6.07, 6.45) is 3.60. The van der Waals surface area contributed by atoms with Gasteiger partial charge in [-0.3, -0.25) is 9.79 Å². The maximum atomic E-state index is 12.3. The Labute approximate surface area is 148 Å². The average molecular weight is 348 g/mol. The predicted octanol–water partition coefficient (Wildman–Crippen LogP) is 1.32. The number of ketones is 1. The molecule has 7 nitrogen and oxygen atoms in total. The van der Waals surface area contributed by atoms with E-state index in [1.807, 2.05) is 18.2 Å². The van der Waals surface area contributed by atoms with E-state index in [1.54, 1.807) is 0 Å². The van der Waals surface area contributed by atoms with Crippen molar-refractivity contribution in [3.63, 3.8) is 0 Å². The number of guanidine groups is 1. The fraction of sp³-hybridized carbons (Fsp3) is 0.556. The van der Waals surface area contributed by atoms with Crippen LogP contribution < -0.4 is 26.7 Å². The number of rotatable bonds is 10. The van der Waals surface area contributed by atoms with Crippen molar-refractivity contribution in [1.29, 1.82) is 0 Å². The second-order valence-electron chi connectivity index (χ2n) is 6.58. The van der Waals surface area contributed by atoms with Crippen molar-refractivity contribution in [3.05, 3.63) is 23.8 Å². The number of hydrogen-bond donors (Lipinski definition) is 3.